The first-order valence-electron chi connectivity index (χ1n) is 9.53. The highest BCUT2D eigenvalue weighted by Crippen LogP contribution is 2.27. The minimum atomic E-state index is -0.193. The molecule has 0 aliphatic heterocycles. The minimum absolute atomic E-state index is 0.0296. The van der Waals surface area contributed by atoms with E-state index in [1.54, 1.807) is 24.3 Å². The standard InChI is InChI=1S/C20H29N3O3/c1-2-5-18(24)23-17-10-8-16(9-11-17)20(26)22-13-12-21-19(25)14-15-6-3-4-7-15/h8-11,15H,2-7,12-14H2,1H3,(H,21,25)(H,22,26)(H,23,24). The van der Waals surface area contributed by atoms with Gasteiger partial charge in [0.1, 0.15) is 0 Å². The van der Waals surface area contributed by atoms with Gasteiger partial charge in [0.2, 0.25) is 11.8 Å². The van der Waals surface area contributed by atoms with Gasteiger partial charge < -0.3 is 16.0 Å². The third-order valence-electron chi connectivity index (χ3n) is 4.59. The zero-order chi connectivity index (χ0) is 18.8. The fourth-order valence-corrected chi connectivity index (χ4v) is 3.18. The fraction of sp³-hybridized carbons (Fsp3) is 0.550. The van der Waals surface area contributed by atoms with E-state index >= 15 is 0 Å². The smallest absolute Gasteiger partial charge is 0.251 e. The Hall–Kier alpha value is -2.37. The third kappa shape index (κ3) is 6.86. The maximum Gasteiger partial charge on any atom is 0.251 e. The van der Waals surface area contributed by atoms with Gasteiger partial charge in [-0.2, -0.15) is 0 Å². The summed E-state index contributed by atoms with van der Waals surface area (Å²) in [5, 5.41) is 8.43. The Labute approximate surface area is 155 Å². The summed E-state index contributed by atoms with van der Waals surface area (Å²) < 4.78 is 0. The maximum atomic E-state index is 12.1. The normalized spacial score (nSPS) is 14.0. The van der Waals surface area contributed by atoms with Crippen molar-refractivity contribution in [2.75, 3.05) is 18.4 Å². The number of anilines is 1. The van der Waals surface area contributed by atoms with Crippen LogP contribution in [0.1, 0.15) is 62.2 Å². The van der Waals surface area contributed by atoms with Crippen molar-refractivity contribution < 1.29 is 14.4 Å². The Morgan fingerprint density at radius 3 is 2.27 bits per heavy atom. The molecule has 142 valence electrons. The van der Waals surface area contributed by atoms with Crippen molar-refractivity contribution in [3.63, 3.8) is 0 Å². The molecule has 0 unspecified atom stereocenters. The van der Waals surface area contributed by atoms with Gasteiger partial charge in [-0.1, -0.05) is 19.8 Å². The molecule has 0 bridgehead atoms. The lowest BCUT2D eigenvalue weighted by molar-refractivity contribution is -0.122. The van der Waals surface area contributed by atoms with E-state index in [-0.39, 0.29) is 17.7 Å². The zero-order valence-electron chi connectivity index (χ0n) is 15.5. The van der Waals surface area contributed by atoms with Gasteiger partial charge in [0.25, 0.3) is 5.91 Å². The lowest BCUT2D eigenvalue weighted by Gasteiger charge is -2.10. The number of hydrogen-bond acceptors (Lipinski definition) is 3. The SMILES string of the molecule is CCCC(=O)Nc1ccc(C(=O)NCCNC(=O)CC2CCCC2)cc1. The Balaban J connectivity index is 1.65. The predicted molar refractivity (Wildman–Crippen MR) is 102 cm³/mol. The highest BCUT2D eigenvalue weighted by molar-refractivity contribution is 5.95. The van der Waals surface area contributed by atoms with Crippen LogP contribution < -0.4 is 16.0 Å². The van der Waals surface area contributed by atoms with Crippen LogP contribution >= 0.6 is 0 Å². The molecule has 1 aromatic carbocycles. The highest BCUT2D eigenvalue weighted by Gasteiger charge is 2.18. The van der Waals surface area contributed by atoms with Crippen molar-refractivity contribution in [3.8, 4) is 0 Å². The lowest BCUT2D eigenvalue weighted by Crippen LogP contribution is -2.35. The van der Waals surface area contributed by atoms with Gasteiger partial charge in [0, 0.05) is 37.2 Å². The molecule has 6 nitrogen and oxygen atoms in total. The molecule has 1 fully saturated rings. The molecule has 26 heavy (non-hydrogen) atoms. The molecule has 3 amide bonds. The van der Waals surface area contributed by atoms with Crippen molar-refractivity contribution in [2.45, 2.75) is 51.9 Å². The first-order chi connectivity index (χ1) is 12.6. The van der Waals surface area contributed by atoms with Crippen LogP contribution in [-0.4, -0.2) is 30.8 Å². The molecule has 0 atom stereocenters. The van der Waals surface area contributed by atoms with E-state index in [0.29, 0.717) is 43.1 Å². The number of nitrogens with one attached hydrogen (secondary N) is 3. The summed E-state index contributed by atoms with van der Waals surface area (Å²) in [6.07, 6.45) is 6.64. The van der Waals surface area contributed by atoms with Crippen LogP contribution in [0.3, 0.4) is 0 Å². The molecule has 1 aliphatic carbocycles. The van der Waals surface area contributed by atoms with Gasteiger partial charge >= 0.3 is 0 Å². The number of carbonyl (C=O) groups excluding carboxylic acids is 3. The monoisotopic (exact) mass is 359 g/mol. The van der Waals surface area contributed by atoms with Crippen LogP contribution in [0.4, 0.5) is 5.69 Å². The van der Waals surface area contributed by atoms with Gasteiger partial charge in [-0.15, -0.1) is 0 Å². The summed E-state index contributed by atoms with van der Waals surface area (Å²) in [6, 6.07) is 6.78. The van der Waals surface area contributed by atoms with Crippen molar-refractivity contribution in [2.24, 2.45) is 5.92 Å². The first kappa shape index (κ1) is 19.9. The molecule has 0 heterocycles. The summed E-state index contributed by atoms with van der Waals surface area (Å²) in [4.78, 5) is 35.5. The second-order valence-corrected chi connectivity index (χ2v) is 6.84. The van der Waals surface area contributed by atoms with E-state index < -0.39 is 0 Å². The predicted octanol–water partition coefficient (Wildman–Crippen LogP) is 2.85. The van der Waals surface area contributed by atoms with Gasteiger partial charge in [0.15, 0.2) is 0 Å². The van der Waals surface area contributed by atoms with Crippen molar-refractivity contribution in [3.05, 3.63) is 29.8 Å². The second-order valence-electron chi connectivity index (χ2n) is 6.84. The summed E-state index contributed by atoms with van der Waals surface area (Å²) in [5.74, 6) is 0.374. The lowest BCUT2D eigenvalue weighted by atomic mass is 10.0. The number of benzene rings is 1. The minimum Gasteiger partial charge on any atom is -0.354 e. The first-order valence-corrected chi connectivity index (χ1v) is 9.53. The Morgan fingerprint density at radius 2 is 1.62 bits per heavy atom. The number of rotatable bonds is 9. The van der Waals surface area contributed by atoms with Crippen LogP contribution in [0.2, 0.25) is 0 Å². The average molecular weight is 359 g/mol. The summed E-state index contributed by atoms with van der Waals surface area (Å²) in [6.45, 7) is 2.77. The van der Waals surface area contributed by atoms with Crippen LogP contribution in [0.5, 0.6) is 0 Å². The molecule has 2 rings (SSSR count). The zero-order valence-corrected chi connectivity index (χ0v) is 15.5. The van der Waals surface area contributed by atoms with E-state index in [9.17, 15) is 14.4 Å². The largest absolute Gasteiger partial charge is 0.354 e. The quantitative estimate of drug-likeness (QED) is 0.593. The fourth-order valence-electron chi connectivity index (χ4n) is 3.18. The van der Waals surface area contributed by atoms with Gasteiger partial charge in [-0.05, 0) is 49.4 Å². The van der Waals surface area contributed by atoms with Crippen molar-refractivity contribution in [1.29, 1.82) is 0 Å². The van der Waals surface area contributed by atoms with Crippen LogP contribution in [0, 0.1) is 5.92 Å². The van der Waals surface area contributed by atoms with Gasteiger partial charge in [-0.3, -0.25) is 14.4 Å². The summed E-state index contributed by atoms with van der Waals surface area (Å²) in [5.41, 5.74) is 1.20. The Kier molecular flexibility index (Phi) is 8.12. The summed E-state index contributed by atoms with van der Waals surface area (Å²) in [7, 11) is 0. The molecule has 6 heteroatoms. The highest BCUT2D eigenvalue weighted by atomic mass is 16.2. The van der Waals surface area contributed by atoms with Crippen LogP contribution in [0.25, 0.3) is 0 Å². The third-order valence-corrected chi connectivity index (χ3v) is 4.59. The van der Waals surface area contributed by atoms with Gasteiger partial charge in [-0.25, -0.2) is 0 Å². The average Bonchev–Trinajstić information content (AvgIpc) is 3.12. The van der Waals surface area contributed by atoms with Crippen LogP contribution in [-0.2, 0) is 9.59 Å². The number of amides is 3. The topological polar surface area (TPSA) is 87.3 Å². The van der Waals surface area contributed by atoms with Gasteiger partial charge in [0.05, 0.1) is 0 Å². The molecule has 0 radical (unpaired) electrons. The molecular weight excluding hydrogens is 330 g/mol. The van der Waals surface area contributed by atoms with Crippen LogP contribution in [0.15, 0.2) is 24.3 Å². The van der Waals surface area contributed by atoms with E-state index in [2.05, 4.69) is 16.0 Å². The molecular formula is C20H29N3O3. The van der Waals surface area contributed by atoms with Crippen molar-refractivity contribution in [1.82, 2.24) is 10.6 Å². The van der Waals surface area contributed by atoms with E-state index in [1.165, 1.54) is 12.8 Å². The molecule has 1 aliphatic rings. The maximum absolute atomic E-state index is 12.1. The Morgan fingerprint density at radius 1 is 0.962 bits per heavy atom. The molecule has 0 spiro atoms. The van der Waals surface area contributed by atoms with E-state index in [4.69, 9.17) is 0 Å². The molecule has 1 aromatic rings. The van der Waals surface area contributed by atoms with E-state index in [1.807, 2.05) is 6.92 Å². The Bertz CT molecular complexity index is 607. The molecule has 1 saturated carbocycles. The second kappa shape index (κ2) is 10.6. The number of hydrogen-bond donors (Lipinski definition) is 3. The number of carbonyl (C=O) groups is 3. The summed E-state index contributed by atoms with van der Waals surface area (Å²) >= 11 is 0. The molecule has 0 aromatic heterocycles. The van der Waals surface area contributed by atoms with Crippen molar-refractivity contribution >= 4 is 23.4 Å². The molecule has 0 saturated heterocycles. The van der Waals surface area contributed by atoms with E-state index in [0.717, 1.165) is 19.3 Å². The molecule has 3 N–H and O–H groups in total.